The summed E-state index contributed by atoms with van der Waals surface area (Å²) in [5.74, 6) is 1.04. The molecule has 0 aliphatic heterocycles. The van der Waals surface area contributed by atoms with Crippen LogP contribution in [0, 0.1) is 13.8 Å². The molecule has 0 unspecified atom stereocenters. The van der Waals surface area contributed by atoms with Gasteiger partial charge in [-0.1, -0.05) is 30.3 Å². The lowest BCUT2D eigenvalue weighted by Gasteiger charge is -2.09. The van der Waals surface area contributed by atoms with Crippen LogP contribution in [0.1, 0.15) is 17.1 Å². The molecule has 2 rings (SSSR count). The fraction of sp³-hybridized carbons (Fsp3) is 0.333. The average molecular weight is 257 g/mol. The molecule has 4 nitrogen and oxygen atoms in total. The highest BCUT2D eigenvalue weighted by molar-refractivity contribution is 5.78. The third kappa shape index (κ3) is 3.68. The van der Waals surface area contributed by atoms with Gasteiger partial charge in [0.05, 0.1) is 6.42 Å². The first-order valence-corrected chi connectivity index (χ1v) is 6.46. The van der Waals surface area contributed by atoms with Crippen molar-refractivity contribution in [1.29, 1.82) is 0 Å². The minimum atomic E-state index is 0.0571. The van der Waals surface area contributed by atoms with Crippen LogP contribution >= 0.6 is 0 Å². The molecule has 19 heavy (non-hydrogen) atoms. The number of aromatic nitrogens is 2. The lowest BCUT2D eigenvalue weighted by molar-refractivity contribution is -0.120. The number of amides is 1. The zero-order valence-corrected chi connectivity index (χ0v) is 11.4. The minimum absolute atomic E-state index is 0.0571. The molecule has 1 aromatic carbocycles. The van der Waals surface area contributed by atoms with E-state index in [1.807, 2.05) is 50.4 Å². The van der Waals surface area contributed by atoms with Crippen molar-refractivity contribution >= 4 is 5.91 Å². The van der Waals surface area contributed by atoms with Crippen LogP contribution in [0.15, 0.2) is 36.5 Å². The molecular weight excluding hydrogens is 238 g/mol. The van der Waals surface area contributed by atoms with Gasteiger partial charge in [-0.15, -0.1) is 0 Å². The van der Waals surface area contributed by atoms with E-state index in [4.69, 9.17) is 0 Å². The normalized spacial score (nSPS) is 10.4. The Morgan fingerprint density at radius 3 is 2.63 bits per heavy atom. The smallest absolute Gasteiger partial charge is 0.224 e. The van der Waals surface area contributed by atoms with Crippen LogP contribution in [0.4, 0.5) is 0 Å². The molecule has 0 saturated heterocycles. The molecule has 0 fully saturated rings. The van der Waals surface area contributed by atoms with E-state index < -0.39 is 0 Å². The number of imidazole rings is 1. The van der Waals surface area contributed by atoms with E-state index in [9.17, 15) is 4.79 Å². The molecule has 0 radical (unpaired) electrons. The summed E-state index contributed by atoms with van der Waals surface area (Å²) in [6, 6.07) is 9.77. The minimum Gasteiger partial charge on any atom is -0.354 e. The summed E-state index contributed by atoms with van der Waals surface area (Å²) in [6.07, 6.45) is 2.28. The van der Waals surface area contributed by atoms with Gasteiger partial charge in [0.25, 0.3) is 0 Å². The molecule has 100 valence electrons. The van der Waals surface area contributed by atoms with Crippen LogP contribution < -0.4 is 5.32 Å². The van der Waals surface area contributed by atoms with Crippen molar-refractivity contribution in [1.82, 2.24) is 14.9 Å². The molecule has 0 spiro atoms. The first-order valence-electron chi connectivity index (χ1n) is 6.46. The Bertz CT molecular complexity index is 526. The summed E-state index contributed by atoms with van der Waals surface area (Å²) in [6.45, 7) is 5.38. The lowest BCUT2D eigenvalue weighted by Crippen LogP contribution is -2.29. The van der Waals surface area contributed by atoms with Crippen molar-refractivity contribution < 1.29 is 4.79 Å². The van der Waals surface area contributed by atoms with E-state index >= 15 is 0 Å². The number of hydrogen-bond donors (Lipinski definition) is 1. The largest absolute Gasteiger partial charge is 0.354 e. The first-order chi connectivity index (χ1) is 9.16. The highest BCUT2D eigenvalue weighted by Crippen LogP contribution is 2.02. The number of aryl methyl sites for hydroxylation is 2. The highest BCUT2D eigenvalue weighted by Gasteiger charge is 2.04. The molecule has 0 saturated carbocycles. The first kappa shape index (κ1) is 13.3. The Labute approximate surface area is 113 Å². The average Bonchev–Trinajstić information content (AvgIpc) is 2.71. The summed E-state index contributed by atoms with van der Waals surface area (Å²) in [7, 11) is 0. The lowest BCUT2D eigenvalue weighted by atomic mass is 10.1. The quantitative estimate of drug-likeness (QED) is 0.888. The van der Waals surface area contributed by atoms with Gasteiger partial charge in [-0.3, -0.25) is 4.79 Å². The van der Waals surface area contributed by atoms with Gasteiger partial charge in [-0.05, 0) is 19.4 Å². The van der Waals surface area contributed by atoms with Gasteiger partial charge in [0.15, 0.2) is 0 Å². The van der Waals surface area contributed by atoms with E-state index in [1.54, 1.807) is 0 Å². The molecule has 2 aromatic rings. The second-order valence-corrected chi connectivity index (χ2v) is 4.61. The number of rotatable bonds is 5. The molecule has 0 atom stereocenters. The Kier molecular flexibility index (Phi) is 4.34. The molecule has 1 N–H and O–H groups in total. The van der Waals surface area contributed by atoms with Crippen LogP contribution in [0.2, 0.25) is 0 Å². The molecule has 4 heteroatoms. The molecule has 1 heterocycles. The SMILES string of the molecule is Cc1cnc(C)n1CCNC(=O)Cc1ccccc1. The van der Waals surface area contributed by atoms with Crippen molar-refractivity contribution in [3.05, 3.63) is 53.6 Å². The van der Waals surface area contributed by atoms with E-state index in [0.29, 0.717) is 13.0 Å². The fourth-order valence-corrected chi connectivity index (χ4v) is 2.07. The fourth-order valence-electron chi connectivity index (χ4n) is 2.07. The summed E-state index contributed by atoms with van der Waals surface area (Å²) in [4.78, 5) is 16.0. The summed E-state index contributed by atoms with van der Waals surface area (Å²) >= 11 is 0. The van der Waals surface area contributed by atoms with Crippen LogP contribution in [0.25, 0.3) is 0 Å². The maximum atomic E-state index is 11.8. The van der Waals surface area contributed by atoms with Crippen LogP contribution in [-0.4, -0.2) is 22.0 Å². The van der Waals surface area contributed by atoms with E-state index in [2.05, 4.69) is 14.9 Å². The van der Waals surface area contributed by atoms with Gasteiger partial charge in [-0.2, -0.15) is 0 Å². The second kappa shape index (κ2) is 6.18. The van der Waals surface area contributed by atoms with Gasteiger partial charge in [-0.25, -0.2) is 4.98 Å². The Morgan fingerprint density at radius 1 is 1.26 bits per heavy atom. The topological polar surface area (TPSA) is 46.9 Å². The Hall–Kier alpha value is -2.10. The van der Waals surface area contributed by atoms with Crippen LogP contribution in [-0.2, 0) is 17.8 Å². The van der Waals surface area contributed by atoms with Crippen LogP contribution in [0.3, 0.4) is 0 Å². The predicted molar refractivity (Wildman–Crippen MR) is 74.9 cm³/mol. The number of nitrogens with one attached hydrogen (secondary N) is 1. The van der Waals surface area contributed by atoms with E-state index in [1.165, 1.54) is 0 Å². The summed E-state index contributed by atoms with van der Waals surface area (Å²) in [5.41, 5.74) is 2.16. The molecule has 1 aromatic heterocycles. The predicted octanol–water partition coefficient (Wildman–Crippen LogP) is 1.86. The molecule has 0 bridgehead atoms. The van der Waals surface area contributed by atoms with Gasteiger partial charge >= 0.3 is 0 Å². The number of nitrogens with zero attached hydrogens (tertiary/aromatic N) is 2. The maximum absolute atomic E-state index is 11.8. The number of carbonyl (C=O) groups is 1. The van der Waals surface area contributed by atoms with Crippen LogP contribution in [0.5, 0.6) is 0 Å². The van der Waals surface area contributed by atoms with E-state index in [-0.39, 0.29) is 5.91 Å². The van der Waals surface area contributed by atoms with Gasteiger partial charge in [0.2, 0.25) is 5.91 Å². The van der Waals surface area contributed by atoms with Crippen molar-refractivity contribution in [2.45, 2.75) is 26.8 Å². The maximum Gasteiger partial charge on any atom is 0.224 e. The Balaban J connectivity index is 1.79. The van der Waals surface area contributed by atoms with E-state index in [0.717, 1.165) is 23.6 Å². The molecule has 0 aliphatic carbocycles. The van der Waals surface area contributed by atoms with Crippen molar-refractivity contribution in [3.63, 3.8) is 0 Å². The molecular formula is C15H19N3O. The van der Waals surface area contributed by atoms with Crippen molar-refractivity contribution in [2.75, 3.05) is 6.54 Å². The van der Waals surface area contributed by atoms with Gasteiger partial charge < -0.3 is 9.88 Å². The number of carbonyl (C=O) groups excluding carboxylic acids is 1. The van der Waals surface area contributed by atoms with Crippen molar-refractivity contribution in [2.24, 2.45) is 0 Å². The summed E-state index contributed by atoms with van der Waals surface area (Å²) < 4.78 is 2.10. The second-order valence-electron chi connectivity index (χ2n) is 4.61. The monoisotopic (exact) mass is 257 g/mol. The number of hydrogen-bond acceptors (Lipinski definition) is 2. The van der Waals surface area contributed by atoms with Gasteiger partial charge in [0.1, 0.15) is 5.82 Å². The zero-order chi connectivity index (χ0) is 13.7. The van der Waals surface area contributed by atoms with Gasteiger partial charge in [0, 0.05) is 25.0 Å². The molecule has 0 aliphatic rings. The highest BCUT2D eigenvalue weighted by atomic mass is 16.1. The molecule has 1 amide bonds. The third-order valence-corrected chi connectivity index (χ3v) is 3.12. The summed E-state index contributed by atoms with van der Waals surface area (Å²) in [5, 5.41) is 2.94. The number of benzene rings is 1. The Morgan fingerprint density at radius 2 is 2.00 bits per heavy atom. The zero-order valence-electron chi connectivity index (χ0n) is 11.4. The standard InChI is InChI=1S/C15H19N3O/c1-12-11-17-13(2)18(12)9-8-16-15(19)10-14-6-4-3-5-7-14/h3-7,11H,8-10H2,1-2H3,(H,16,19). The van der Waals surface area contributed by atoms with Crippen molar-refractivity contribution in [3.8, 4) is 0 Å². The third-order valence-electron chi connectivity index (χ3n) is 3.12.